The van der Waals surface area contributed by atoms with E-state index in [0.717, 1.165) is 24.1 Å². The van der Waals surface area contributed by atoms with Gasteiger partial charge in [-0.05, 0) is 18.9 Å². The molecule has 0 atom stereocenters. The minimum atomic E-state index is -0.488. The van der Waals surface area contributed by atoms with Gasteiger partial charge in [-0.25, -0.2) is 10.2 Å². The van der Waals surface area contributed by atoms with E-state index in [0.29, 0.717) is 23.7 Å². The molecule has 136 valence electrons. The van der Waals surface area contributed by atoms with E-state index in [2.05, 4.69) is 27.4 Å². The molecule has 0 saturated heterocycles. The van der Waals surface area contributed by atoms with Gasteiger partial charge >= 0.3 is 5.69 Å². The van der Waals surface area contributed by atoms with E-state index in [-0.39, 0.29) is 0 Å². The second-order valence-corrected chi connectivity index (χ2v) is 6.11. The van der Waals surface area contributed by atoms with Gasteiger partial charge in [-0.1, -0.05) is 43.7 Å². The number of hydrazone groups is 1. The molecule has 1 aromatic carbocycles. The lowest BCUT2D eigenvalue weighted by Crippen LogP contribution is -2.29. The number of anilines is 1. The van der Waals surface area contributed by atoms with Crippen LogP contribution in [0.2, 0.25) is 0 Å². The molecule has 0 spiro atoms. The van der Waals surface area contributed by atoms with Crippen LogP contribution in [0.5, 0.6) is 0 Å². The molecule has 0 unspecified atom stereocenters. The standard InChI is InChI=1S/C18H22N6O2/c1-4-5-11-24-14-15(23(3)18(26)20-16(14)25)19-17(24)22-21-12(2)13-9-7-6-8-10-13/h6-10H,4-5,11H2,1-3H3,(H,19,22)(H,20,25,26). The summed E-state index contributed by atoms with van der Waals surface area (Å²) in [6, 6.07) is 9.77. The molecular weight excluding hydrogens is 332 g/mol. The number of nitrogens with one attached hydrogen (secondary N) is 2. The monoisotopic (exact) mass is 354 g/mol. The van der Waals surface area contributed by atoms with E-state index in [4.69, 9.17) is 0 Å². The van der Waals surface area contributed by atoms with Crippen molar-refractivity contribution in [1.82, 2.24) is 19.1 Å². The maximum absolute atomic E-state index is 12.3. The number of rotatable bonds is 6. The van der Waals surface area contributed by atoms with Crippen molar-refractivity contribution in [3.05, 3.63) is 56.7 Å². The Hall–Kier alpha value is -3.16. The number of fused-ring (bicyclic) bond motifs is 1. The molecule has 26 heavy (non-hydrogen) atoms. The largest absolute Gasteiger partial charge is 0.329 e. The fourth-order valence-corrected chi connectivity index (χ4v) is 2.73. The first-order valence-electron chi connectivity index (χ1n) is 8.58. The lowest BCUT2D eigenvalue weighted by Gasteiger charge is -2.08. The van der Waals surface area contributed by atoms with Gasteiger partial charge in [-0.2, -0.15) is 10.1 Å². The summed E-state index contributed by atoms with van der Waals surface area (Å²) in [5.41, 5.74) is 4.52. The van der Waals surface area contributed by atoms with Crippen LogP contribution >= 0.6 is 0 Å². The molecule has 2 N–H and O–H groups in total. The van der Waals surface area contributed by atoms with Gasteiger partial charge in [-0.15, -0.1) is 0 Å². The highest BCUT2D eigenvalue weighted by atomic mass is 16.2. The number of nitrogens with zero attached hydrogens (tertiary/aromatic N) is 4. The number of H-pyrrole nitrogens is 1. The van der Waals surface area contributed by atoms with Crippen molar-refractivity contribution in [2.75, 3.05) is 5.43 Å². The quantitative estimate of drug-likeness (QED) is 0.523. The summed E-state index contributed by atoms with van der Waals surface area (Å²) in [6.07, 6.45) is 1.85. The van der Waals surface area contributed by atoms with E-state index in [1.54, 1.807) is 11.6 Å². The van der Waals surface area contributed by atoms with E-state index in [9.17, 15) is 9.59 Å². The van der Waals surface area contributed by atoms with Gasteiger partial charge in [0.2, 0.25) is 5.95 Å². The summed E-state index contributed by atoms with van der Waals surface area (Å²) in [7, 11) is 1.58. The number of aromatic nitrogens is 4. The number of benzene rings is 1. The van der Waals surface area contributed by atoms with Crippen molar-refractivity contribution in [3.8, 4) is 0 Å². The number of hydrogen-bond donors (Lipinski definition) is 2. The summed E-state index contributed by atoms with van der Waals surface area (Å²) in [5, 5.41) is 4.39. The zero-order valence-corrected chi connectivity index (χ0v) is 15.1. The van der Waals surface area contributed by atoms with Gasteiger partial charge in [0, 0.05) is 13.6 Å². The Morgan fingerprint density at radius 3 is 2.69 bits per heavy atom. The average Bonchev–Trinajstić information content (AvgIpc) is 3.02. The molecule has 0 radical (unpaired) electrons. The molecule has 2 heterocycles. The number of hydrogen-bond acceptors (Lipinski definition) is 5. The normalized spacial score (nSPS) is 11.9. The third kappa shape index (κ3) is 3.30. The maximum atomic E-state index is 12.3. The third-order valence-electron chi connectivity index (χ3n) is 4.26. The zero-order valence-electron chi connectivity index (χ0n) is 15.1. The molecule has 0 saturated carbocycles. The SMILES string of the molecule is CCCCn1c(NN=C(C)c2ccccc2)nc2c1c(=O)[nH]c(=O)n2C. The summed E-state index contributed by atoms with van der Waals surface area (Å²) in [6.45, 7) is 4.57. The van der Waals surface area contributed by atoms with Gasteiger partial charge < -0.3 is 4.57 Å². The van der Waals surface area contributed by atoms with Crippen LogP contribution < -0.4 is 16.7 Å². The first kappa shape index (κ1) is 17.7. The van der Waals surface area contributed by atoms with Crippen LogP contribution in [-0.2, 0) is 13.6 Å². The summed E-state index contributed by atoms with van der Waals surface area (Å²) < 4.78 is 3.11. The molecule has 3 aromatic rings. The molecule has 8 heteroatoms. The van der Waals surface area contributed by atoms with Crippen molar-refractivity contribution in [2.24, 2.45) is 12.1 Å². The van der Waals surface area contributed by atoms with Crippen LogP contribution in [0, 0.1) is 0 Å². The van der Waals surface area contributed by atoms with Gasteiger partial charge in [0.15, 0.2) is 11.2 Å². The van der Waals surface area contributed by atoms with Crippen molar-refractivity contribution < 1.29 is 0 Å². The van der Waals surface area contributed by atoms with Crippen molar-refractivity contribution in [3.63, 3.8) is 0 Å². The first-order valence-corrected chi connectivity index (χ1v) is 8.58. The molecular formula is C18H22N6O2. The third-order valence-corrected chi connectivity index (χ3v) is 4.26. The second kappa shape index (κ2) is 7.38. The lowest BCUT2D eigenvalue weighted by atomic mass is 10.1. The van der Waals surface area contributed by atoms with Gasteiger partial charge in [0.1, 0.15) is 0 Å². The topological polar surface area (TPSA) is 97.1 Å². The van der Waals surface area contributed by atoms with E-state index in [1.807, 2.05) is 37.3 Å². The van der Waals surface area contributed by atoms with E-state index < -0.39 is 11.2 Å². The second-order valence-electron chi connectivity index (χ2n) is 6.11. The van der Waals surface area contributed by atoms with Gasteiger partial charge in [0.25, 0.3) is 5.56 Å². The number of aromatic amines is 1. The predicted molar refractivity (Wildman–Crippen MR) is 103 cm³/mol. The molecule has 0 bridgehead atoms. The maximum Gasteiger partial charge on any atom is 0.329 e. The first-order chi connectivity index (χ1) is 12.5. The minimum Gasteiger partial charge on any atom is -0.303 e. The molecule has 8 nitrogen and oxygen atoms in total. The fourth-order valence-electron chi connectivity index (χ4n) is 2.73. The highest BCUT2D eigenvalue weighted by molar-refractivity contribution is 5.99. The van der Waals surface area contributed by atoms with Crippen molar-refractivity contribution in [1.29, 1.82) is 0 Å². The minimum absolute atomic E-state index is 0.338. The summed E-state index contributed by atoms with van der Waals surface area (Å²) in [5.74, 6) is 0.440. The molecule has 3 rings (SSSR count). The van der Waals surface area contributed by atoms with Gasteiger partial charge in [0.05, 0.1) is 5.71 Å². The van der Waals surface area contributed by atoms with Crippen LogP contribution in [0.3, 0.4) is 0 Å². The number of aryl methyl sites for hydroxylation is 2. The van der Waals surface area contributed by atoms with E-state index in [1.165, 1.54) is 4.57 Å². The fraction of sp³-hybridized carbons (Fsp3) is 0.333. The van der Waals surface area contributed by atoms with Crippen molar-refractivity contribution in [2.45, 2.75) is 33.2 Å². The number of unbranched alkanes of at least 4 members (excludes halogenated alkanes) is 1. The number of imidazole rings is 1. The average molecular weight is 354 g/mol. The Labute approximate surface area is 150 Å². The predicted octanol–water partition coefficient (Wildman–Crippen LogP) is 2.06. The van der Waals surface area contributed by atoms with Crippen LogP contribution in [0.1, 0.15) is 32.3 Å². The molecule has 0 aliphatic carbocycles. The Bertz CT molecular complexity index is 1060. The van der Waals surface area contributed by atoms with Crippen LogP contribution in [0.15, 0.2) is 45.0 Å². The zero-order chi connectivity index (χ0) is 18.7. The van der Waals surface area contributed by atoms with Crippen LogP contribution in [0.25, 0.3) is 11.2 Å². The Kier molecular flexibility index (Phi) is 5.01. The van der Waals surface area contributed by atoms with Crippen molar-refractivity contribution >= 4 is 22.8 Å². The summed E-state index contributed by atoms with van der Waals surface area (Å²) in [4.78, 5) is 30.9. The summed E-state index contributed by atoms with van der Waals surface area (Å²) >= 11 is 0. The van der Waals surface area contributed by atoms with Gasteiger partial charge in [-0.3, -0.25) is 14.3 Å². The Balaban J connectivity index is 2.07. The Morgan fingerprint density at radius 2 is 2.00 bits per heavy atom. The molecule has 0 aliphatic rings. The van der Waals surface area contributed by atoms with Crippen LogP contribution in [-0.4, -0.2) is 24.8 Å². The highest BCUT2D eigenvalue weighted by Gasteiger charge is 2.16. The van der Waals surface area contributed by atoms with E-state index >= 15 is 0 Å². The molecule has 2 aromatic heterocycles. The Morgan fingerprint density at radius 1 is 1.27 bits per heavy atom. The lowest BCUT2D eigenvalue weighted by molar-refractivity contribution is 0.647. The highest BCUT2D eigenvalue weighted by Crippen LogP contribution is 2.16. The molecule has 0 aliphatic heterocycles. The molecule has 0 amide bonds. The van der Waals surface area contributed by atoms with Crippen LogP contribution in [0.4, 0.5) is 5.95 Å². The smallest absolute Gasteiger partial charge is 0.303 e. The molecule has 0 fully saturated rings.